The first-order chi connectivity index (χ1) is 10.1. The predicted molar refractivity (Wildman–Crippen MR) is 78.8 cm³/mol. The Hall–Kier alpha value is -2.37. The van der Waals surface area contributed by atoms with Crippen LogP contribution >= 0.6 is 0 Å². The Balaban J connectivity index is 1.62. The number of carbonyl (C=O) groups is 2. The third-order valence-corrected chi connectivity index (χ3v) is 3.96. The van der Waals surface area contributed by atoms with E-state index < -0.39 is 0 Å². The van der Waals surface area contributed by atoms with Crippen LogP contribution in [0, 0.1) is 0 Å². The number of carbonyl (C=O) groups excluding carboxylic acids is 2. The fraction of sp³-hybridized carbons (Fsp3) is 0.400. The summed E-state index contributed by atoms with van der Waals surface area (Å²) < 4.78 is 0. The van der Waals surface area contributed by atoms with E-state index in [0.29, 0.717) is 18.7 Å². The van der Waals surface area contributed by atoms with E-state index in [1.165, 1.54) is 0 Å². The summed E-state index contributed by atoms with van der Waals surface area (Å²) in [6, 6.07) is 5.55. The van der Waals surface area contributed by atoms with Crippen LogP contribution in [0.3, 0.4) is 0 Å². The quantitative estimate of drug-likeness (QED) is 0.873. The Bertz CT molecular complexity index is 671. The molecule has 0 spiro atoms. The van der Waals surface area contributed by atoms with Crippen molar-refractivity contribution in [1.29, 1.82) is 0 Å². The number of fused-ring (bicyclic) bond motifs is 1. The van der Waals surface area contributed by atoms with Gasteiger partial charge in [-0.3, -0.25) is 9.59 Å². The fourth-order valence-corrected chi connectivity index (χ4v) is 2.68. The van der Waals surface area contributed by atoms with E-state index >= 15 is 0 Å². The van der Waals surface area contributed by atoms with E-state index in [4.69, 9.17) is 0 Å². The van der Waals surface area contributed by atoms with Crippen molar-refractivity contribution < 1.29 is 9.59 Å². The number of benzene rings is 1. The molecule has 1 aromatic heterocycles. The monoisotopic (exact) mass is 286 g/mol. The van der Waals surface area contributed by atoms with Gasteiger partial charge >= 0.3 is 0 Å². The van der Waals surface area contributed by atoms with Crippen molar-refractivity contribution in [2.75, 3.05) is 13.1 Å². The van der Waals surface area contributed by atoms with Gasteiger partial charge in [0.15, 0.2) is 0 Å². The van der Waals surface area contributed by atoms with Gasteiger partial charge in [0, 0.05) is 31.6 Å². The molecule has 0 saturated carbocycles. The molecule has 1 saturated heterocycles. The highest BCUT2D eigenvalue weighted by atomic mass is 16.2. The maximum absolute atomic E-state index is 12.3. The molecule has 1 aliphatic heterocycles. The van der Waals surface area contributed by atoms with Crippen molar-refractivity contribution >= 4 is 22.8 Å². The molecule has 6 nitrogen and oxygen atoms in total. The van der Waals surface area contributed by atoms with Crippen molar-refractivity contribution in [3.05, 3.63) is 30.1 Å². The SMILES string of the molecule is CC(=O)N1CCC(NC(=O)c2ccc3nc[nH]c3c2)CC1. The maximum Gasteiger partial charge on any atom is 0.251 e. The molecule has 1 aromatic carbocycles. The first-order valence-electron chi connectivity index (χ1n) is 7.13. The van der Waals surface area contributed by atoms with E-state index in [2.05, 4.69) is 15.3 Å². The number of likely N-dealkylation sites (tertiary alicyclic amines) is 1. The molecular weight excluding hydrogens is 268 g/mol. The summed E-state index contributed by atoms with van der Waals surface area (Å²) in [4.78, 5) is 32.5. The summed E-state index contributed by atoms with van der Waals surface area (Å²) in [5.41, 5.74) is 2.33. The fourth-order valence-electron chi connectivity index (χ4n) is 2.68. The lowest BCUT2D eigenvalue weighted by atomic mass is 10.0. The zero-order valence-electron chi connectivity index (χ0n) is 11.9. The number of piperidine rings is 1. The largest absolute Gasteiger partial charge is 0.349 e. The lowest BCUT2D eigenvalue weighted by Crippen LogP contribution is -2.45. The van der Waals surface area contributed by atoms with Crippen LogP contribution in [0.25, 0.3) is 11.0 Å². The summed E-state index contributed by atoms with van der Waals surface area (Å²) in [6.07, 6.45) is 3.22. The number of hydrogen-bond donors (Lipinski definition) is 2. The van der Waals surface area contributed by atoms with Crippen LogP contribution in [-0.2, 0) is 4.79 Å². The van der Waals surface area contributed by atoms with E-state index in [9.17, 15) is 9.59 Å². The number of imidazole rings is 1. The second kappa shape index (κ2) is 5.55. The van der Waals surface area contributed by atoms with Gasteiger partial charge in [0.2, 0.25) is 5.91 Å². The summed E-state index contributed by atoms with van der Waals surface area (Å²) in [5.74, 6) is 0.0252. The first-order valence-corrected chi connectivity index (χ1v) is 7.13. The molecule has 1 aliphatic rings. The van der Waals surface area contributed by atoms with E-state index in [1.54, 1.807) is 19.3 Å². The van der Waals surface area contributed by atoms with Gasteiger partial charge < -0.3 is 15.2 Å². The van der Waals surface area contributed by atoms with Crippen molar-refractivity contribution in [3.8, 4) is 0 Å². The van der Waals surface area contributed by atoms with Crippen molar-refractivity contribution in [2.45, 2.75) is 25.8 Å². The molecule has 2 amide bonds. The van der Waals surface area contributed by atoms with E-state index in [1.807, 2.05) is 17.0 Å². The Kier molecular flexibility index (Phi) is 3.60. The van der Waals surface area contributed by atoms with Crippen molar-refractivity contribution in [1.82, 2.24) is 20.2 Å². The summed E-state index contributed by atoms with van der Waals surface area (Å²) in [7, 11) is 0. The van der Waals surface area contributed by atoms with E-state index in [0.717, 1.165) is 23.9 Å². The Morgan fingerprint density at radius 3 is 2.81 bits per heavy atom. The molecule has 2 heterocycles. The van der Waals surface area contributed by atoms with Gasteiger partial charge in [-0.15, -0.1) is 0 Å². The lowest BCUT2D eigenvalue weighted by Gasteiger charge is -2.31. The molecule has 110 valence electrons. The standard InChI is InChI=1S/C15H18N4O2/c1-10(20)19-6-4-12(5-7-19)18-15(21)11-2-3-13-14(8-11)17-9-16-13/h2-3,8-9,12H,4-7H2,1H3,(H,16,17)(H,18,21). The third kappa shape index (κ3) is 2.89. The molecule has 0 radical (unpaired) electrons. The third-order valence-electron chi connectivity index (χ3n) is 3.96. The smallest absolute Gasteiger partial charge is 0.251 e. The van der Waals surface area contributed by atoms with Gasteiger partial charge in [0.05, 0.1) is 17.4 Å². The number of aromatic nitrogens is 2. The van der Waals surface area contributed by atoms with Gasteiger partial charge in [-0.2, -0.15) is 0 Å². The van der Waals surface area contributed by atoms with Crippen LogP contribution in [0.2, 0.25) is 0 Å². The number of aromatic amines is 1. The molecule has 1 fully saturated rings. The Labute approximate surface area is 122 Å². The number of H-pyrrole nitrogens is 1. The maximum atomic E-state index is 12.3. The number of amides is 2. The molecule has 0 aliphatic carbocycles. The summed E-state index contributed by atoms with van der Waals surface area (Å²) in [6.45, 7) is 3.00. The van der Waals surface area contributed by atoms with Crippen LogP contribution in [-0.4, -0.2) is 45.8 Å². The molecule has 21 heavy (non-hydrogen) atoms. The zero-order chi connectivity index (χ0) is 14.8. The van der Waals surface area contributed by atoms with Crippen LogP contribution in [0.15, 0.2) is 24.5 Å². The van der Waals surface area contributed by atoms with Gasteiger partial charge in [0.1, 0.15) is 0 Å². The van der Waals surface area contributed by atoms with Crippen molar-refractivity contribution in [3.63, 3.8) is 0 Å². The van der Waals surface area contributed by atoms with E-state index in [-0.39, 0.29) is 17.9 Å². The van der Waals surface area contributed by atoms with Crippen molar-refractivity contribution in [2.24, 2.45) is 0 Å². The highest BCUT2D eigenvalue weighted by Gasteiger charge is 2.22. The average Bonchev–Trinajstić information content (AvgIpc) is 2.95. The summed E-state index contributed by atoms with van der Waals surface area (Å²) >= 11 is 0. The molecular formula is C15H18N4O2. The average molecular weight is 286 g/mol. The molecule has 2 N–H and O–H groups in total. The van der Waals surface area contributed by atoms with Crippen LogP contribution < -0.4 is 5.32 Å². The molecule has 6 heteroatoms. The van der Waals surface area contributed by atoms with Gasteiger partial charge in [0.25, 0.3) is 5.91 Å². The normalized spacial score (nSPS) is 16.1. The second-order valence-corrected chi connectivity index (χ2v) is 5.39. The highest BCUT2D eigenvalue weighted by molar-refractivity contribution is 5.97. The molecule has 2 aromatic rings. The highest BCUT2D eigenvalue weighted by Crippen LogP contribution is 2.14. The van der Waals surface area contributed by atoms with Crippen LogP contribution in [0.4, 0.5) is 0 Å². The van der Waals surface area contributed by atoms with Crippen LogP contribution in [0.1, 0.15) is 30.1 Å². The summed E-state index contributed by atoms with van der Waals surface area (Å²) in [5, 5.41) is 3.04. The Morgan fingerprint density at radius 1 is 1.33 bits per heavy atom. The first kappa shape index (κ1) is 13.6. The van der Waals surface area contributed by atoms with Gasteiger partial charge in [-0.1, -0.05) is 0 Å². The molecule has 3 rings (SSSR count). The number of nitrogens with one attached hydrogen (secondary N) is 2. The van der Waals surface area contributed by atoms with Gasteiger partial charge in [-0.05, 0) is 31.0 Å². The molecule has 0 unspecified atom stereocenters. The molecule has 0 bridgehead atoms. The zero-order valence-corrected chi connectivity index (χ0v) is 11.9. The minimum absolute atomic E-state index is 0.0761. The minimum atomic E-state index is -0.0761. The van der Waals surface area contributed by atoms with Gasteiger partial charge in [-0.25, -0.2) is 4.98 Å². The minimum Gasteiger partial charge on any atom is -0.349 e. The topological polar surface area (TPSA) is 78.1 Å². The second-order valence-electron chi connectivity index (χ2n) is 5.39. The van der Waals surface area contributed by atoms with Crippen LogP contribution in [0.5, 0.6) is 0 Å². The predicted octanol–water partition coefficient (Wildman–Crippen LogP) is 1.30. The number of nitrogens with zero attached hydrogens (tertiary/aromatic N) is 2. The molecule has 0 atom stereocenters. The lowest BCUT2D eigenvalue weighted by molar-refractivity contribution is -0.129. The Morgan fingerprint density at radius 2 is 2.10 bits per heavy atom. The number of rotatable bonds is 2. The number of hydrogen-bond acceptors (Lipinski definition) is 3.